The van der Waals surface area contributed by atoms with Crippen molar-refractivity contribution in [2.24, 2.45) is 0 Å². The summed E-state index contributed by atoms with van der Waals surface area (Å²) in [4.78, 5) is 28.2. The highest BCUT2D eigenvalue weighted by Crippen LogP contribution is 2.04. The average Bonchev–Trinajstić information content (AvgIpc) is 3.21. The number of amides is 3. The quantitative estimate of drug-likeness (QED) is 0.354. The maximum atomic E-state index is 12.8. The van der Waals surface area contributed by atoms with E-state index in [1.165, 1.54) is 15.8 Å². The first-order valence-corrected chi connectivity index (χ1v) is 10.9. The summed E-state index contributed by atoms with van der Waals surface area (Å²) in [6.45, 7) is 9.09. The van der Waals surface area contributed by atoms with Gasteiger partial charge in [-0.25, -0.2) is 9.48 Å². The summed E-state index contributed by atoms with van der Waals surface area (Å²) < 4.78 is 17.8. The number of nitrogens with one attached hydrogen (secondary N) is 1. The van der Waals surface area contributed by atoms with E-state index in [0.717, 1.165) is 19.6 Å². The summed E-state index contributed by atoms with van der Waals surface area (Å²) in [5.74, 6) is -0.462. The van der Waals surface area contributed by atoms with Crippen LogP contribution in [0.1, 0.15) is 37.2 Å². The van der Waals surface area contributed by atoms with Gasteiger partial charge >= 0.3 is 6.03 Å². The minimum absolute atomic E-state index is 0.131. The molecule has 178 valence electrons. The van der Waals surface area contributed by atoms with Gasteiger partial charge in [-0.05, 0) is 40.4 Å². The maximum Gasteiger partial charge on any atom is 0.324 e. The molecule has 0 radical (unpaired) electrons. The van der Waals surface area contributed by atoms with Crippen molar-refractivity contribution in [3.63, 3.8) is 0 Å². The van der Waals surface area contributed by atoms with Gasteiger partial charge in [0.15, 0.2) is 5.69 Å². The van der Waals surface area contributed by atoms with Gasteiger partial charge in [-0.15, -0.1) is 5.10 Å². The Morgan fingerprint density at radius 3 is 2.26 bits per heavy atom. The Hall–Kier alpha value is -2.08. The normalized spacial score (nSPS) is 11.1. The molecule has 0 unspecified atom stereocenters. The summed E-state index contributed by atoms with van der Waals surface area (Å²) >= 11 is 0. The molecule has 0 aromatic carbocycles. The zero-order valence-electron chi connectivity index (χ0n) is 19.3. The summed E-state index contributed by atoms with van der Waals surface area (Å²) in [7, 11) is 3.89. The first-order chi connectivity index (χ1) is 15.0. The Morgan fingerprint density at radius 1 is 1.00 bits per heavy atom. The summed E-state index contributed by atoms with van der Waals surface area (Å²) in [6, 6.07) is -0.427. The molecule has 1 aromatic rings. The number of hydrogen-bond donors (Lipinski definition) is 1. The predicted molar refractivity (Wildman–Crippen MR) is 116 cm³/mol. The Morgan fingerprint density at radius 2 is 1.65 bits per heavy atom. The Kier molecular flexibility index (Phi) is 14.4. The van der Waals surface area contributed by atoms with Gasteiger partial charge in [0.2, 0.25) is 0 Å². The van der Waals surface area contributed by atoms with Crippen molar-refractivity contribution in [1.29, 1.82) is 0 Å². The van der Waals surface area contributed by atoms with Crippen LogP contribution in [0, 0.1) is 0 Å². The van der Waals surface area contributed by atoms with Gasteiger partial charge in [0, 0.05) is 19.7 Å². The molecular weight excluding hydrogens is 404 g/mol. The molecule has 11 nitrogen and oxygen atoms in total. The minimum atomic E-state index is -0.462. The van der Waals surface area contributed by atoms with Crippen molar-refractivity contribution in [3.05, 3.63) is 11.9 Å². The molecule has 11 heteroatoms. The number of nitrogens with zero attached hydrogens (tertiary/aromatic N) is 5. The summed E-state index contributed by atoms with van der Waals surface area (Å²) in [5, 5.41) is 10.6. The molecule has 0 bridgehead atoms. The number of carbonyl (C=O) groups is 2. The van der Waals surface area contributed by atoms with Crippen LogP contribution < -0.4 is 5.32 Å². The van der Waals surface area contributed by atoms with E-state index >= 15 is 0 Å². The van der Waals surface area contributed by atoms with E-state index in [4.69, 9.17) is 14.2 Å². The lowest BCUT2D eigenvalue weighted by molar-refractivity contribution is 0.0128. The van der Waals surface area contributed by atoms with Crippen LogP contribution in [0.4, 0.5) is 4.79 Å². The lowest BCUT2D eigenvalue weighted by atomic mass is 10.3. The molecule has 1 aromatic heterocycles. The van der Waals surface area contributed by atoms with Crippen molar-refractivity contribution in [2.75, 3.05) is 73.4 Å². The van der Waals surface area contributed by atoms with Crippen LogP contribution in [0.5, 0.6) is 0 Å². The average molecular weight is 443 g/mol. The standard InChI is InChI=1S/C20H38N6O5/c1-5-11-29-13-15-31-16-14-30-12-10-25-17-18(22-23-25)19(27)26(20(28)21-6-2)9-7-8-24(3)4/h17H,5-16H2,1-4H3,(H,21,28). The highest BCUT2D eigenvalue weighted by Gasteiger charge is 2.24. The zero-order chi connectivity index (χ0) is 22.9. The molecular formula is C20H38N6O5. The Labute approximate surface area is 185 Å². The van der Waals surface area contributed by atoms with Crippen molar-refractivity contribution < 1.29 is 23.8 Å². The second-order valence-corrected chi connectivity index (χ2v) is 7.15. The van der Waals surface area contributed by atoms with Crippen LogP contribution in [-0.4, -0.2) is 110 Å². The molecule has 0 aliphatic rings. The molecule has 1 rings (SSSR count). The van der Waals surface area contributed by atoms with E-state index in [1.54, 1.807) is 0 Å². The Bertz CT molecular complexity index is 625. The smallest absolute Gasteiger partial charge is 0.324 e. The van der Waals surface area contributed by atoms with Gasteiger partial charge in [-0.1, -0.05) is 12.1 Å². The number of ether oxygens (including phenoxy) is 3. The first kappa shape index (κ1) is 27.0. The first-order valence-electron chi connectivity index (χ1n) is 10.9. The van der Waals surface area contributed by atoms with Crippen molar-refractivity contribution >= 4 is 11.9 Å². The van der Waals surface area contributed by atoms with Gasteiger partial charge in [-0.2, -0.15) is 0 Å². The predicted octanol–water partition coefficient (Wildman–Crippen LogP) is 0.861. The number of rotatable bonds is 17. The van der Waals surface area contributed by atoms with E-state index in [2.05, 4.69) is 22.6 Å². The van der Waals surface area contributed by atoms with Gasteiger partial charge < -0.3 is 24.4 Å². The lowest BCUT2D eigenvalue weighted by Gasteiger charge is -2.20. The fourth-order valence-corrected chi connectivity index (χ4v) is 2.58. The highest BCUT2D eigenvalue weighted by molar-refractivity contribution is 6.02. The van der Waals surface area contributed by atoms with Crippen LogP contribution in [0.25, 0.3) is 0 Å². The van der Waals surface area contributed by atoms with E-state index < -0.39 is 11.9 Å². The molecule has 1 heterocycles. The van der Waals surface area contributed by atoms with E-state index in [0.29, 0.717) is 59.1 Å². The molecule has 0 saturated heterocycles. The third kappa shape index (κ3) is 11.8. The molecule has 0 spiro atoms. The SMILES string of the molecule is CCCOCCOCCOCCn1cc(C(=O)N(CCCN(C)C)C(=O)NCC)nn1. The number of urea groups is 1. The molecule has 0 saturated carbocycles. The van der Waals surface area contributed by atoms with Crippen LogP contribution >= 0.6 is 0 Å². The number of aromatic nitrogens is 3. The third-order valence-electron chi connectivity index (χ3n) is 4.12. The van der Waals surface area contributed by atoms with Gasteiger partial charge in [0.05, 0.1) is 45.8 Å². The summed E-state index contributed by atoms with van der Waals surface area (Å²) in [5.41, 5.74) is 0.131. The van der Waals surface area contributed by atoms with Crippen molar-refractivity contribution in [2.45, 2.75) is 33.2 Å². The molecule has 0 aliphatic heterocycles. The van der Waals surface area contributed by atoms with Crippen molar-refractivity contribution in [3.8, 4) is 0 Å². The highest BCUT2D eigenvalue weighted by atomic mass is 16.5. The van der Waals surface area contributed by atoms with Crippen LogP contribution in [0.3, 0.4) is 0 Å². The minimum Gasteiger partial charge on any atom is -0.379 e. The lowest BCUT2D eigenvalue weighted by Crippen LogP contribution is -2.45. The van der Waals surface area contributed by atoms with E-state index in [9.17, 15) is 9.59 Å². The monoisotopic (exact) mass is 442 g/mol. The van der Waals surface area contributed by atoms with Gasteiger partial charge in [-0.3, -0.25) is 9.69 Å². The molecule has 0 aliphatic carbocycles. The topological polar surface area (TPSA) is 111 Å². The second-order valence-electron chi connectivity index (χ2n) is 7.15. The number of hydrogen-bond acceptors (Lipinski definition) is 8. The molecule has 1 N–H and O–H groups in total. The molecule has 0 atom stereocenters. The largest absolute Gasteiger partial charge is 0.379 e. The van der Waals surface area contributed by atoms with Gasteiger partial charge in [0.25, 0.3) is 5.91 Å². The van der Waals surface area contributed by atoms with Crippen LogP contribution in [-0.2, 0) is 20.8 Å². The zero-order valence-corrected chi connectivity index (χ0v) is 19.3. The fraction of sp³-hybridized carbons (Fsp3) is 0.800. The van der Waals surface area contributed by atoms with Crippen LogP contribution in [0.2, 0.25) is 0 Å². The van der Waals surface area contributed by atoms with Crippen molar-refractivity contribution in [1.82, 2.24) is 30.1 Å². The Balaban J connectivity index is 2.38. The van der Waals surface area contributed by atoms with Gasteiger partial charge in [0.1, 0.15) is 0 Å². The molecule has 3 amide bonds. The summed E-state index contributed by atoms with van der Waals surface area (Å²) in [6.07, 6.45) is 3.20. The molecule has 31 heavy (non-hydrogen) atoms. The third-order valence-corrected chi connectivity index (χ3v) is 4.12. The molecule has 0 fully saturated rings. The fourth-order valence-electron chi connectivity index (χ4n) is 2.58. The number of carbonyl (C=O) groups excluding carboxylic acids is 2. The second kappa shape index (κ2) is 16.6. The number of imide groups is 1. The van der Waals surface area contributed by atoms with E-state index in [1.807, 2.05) is 25.9 Å². The maximum absolute atomic E-state index is 12.8. The van der Waals surface area contributed by atoms with E-state index in [-0.39, 0.29) is 5.69 Å². The van der Waals surface area contributed by atoms with Crippen LogP contribution in [0.15, 0.2) is 6.20 Å².